The van der Waals surface area contributed by atoms with Crippen molar-refractivity contribution in [3.05, 3.63) is 51.7 Å². The van der Waals surface area contributed by atoms with Crippen molar-refractivity contribution in [3.8, 4) is 0 Å². The molecule has 3 heterocycles. The predicted molar refractivity (Wildman–Crippen MR) is 101 cm³/mol. The largest absolute Gasteiger partial charge is 0.372 e. The number of carbonyl (C=O) groups is 1. The lowest BCUT2D eigenvalue weighted by Crippen LogP contribution is -2.46. The van der Waals surface area contributed by atoms with Gasteiger partial charge in [0.2, 0.25) is 5.95 Å². The average molecular weight is 371 g/mol. The van der Waals surface area contributed by atoms with Crippen molar-refractivity contribution in [2.24, 2.45) is 0 Å². The highest BCUT2D eigenvalue weighted by molar-refractivity contribution is 5.57. The third-order valence-corrected chi connectivity index (χ3v) is 5.14. The Hall–Kier alpha value is -2.74. The molecule has 0 bridgehead atoms. The topological polar surface area (TPSA) is 79.3 Å². The van der Waals surface area contributed by atoms with E-state index in [0.29, 0.717) is 18.1 Å². The van der Waals surface area contributed by atoms with E-state index in [-0.39, 0.29) is 24.0 Å². The average Bonchev–Trinajstić information content (AvgIpc) is 2.71. The quantitative estimate of drug-likeness (QED) is 0.784. The zero-order chi connectivity index (χ0) is 18.8. The fraction of sp³-hybridized carbons (Fsp3) is 0.421. The molecular weight excluding hydrogens is 349 g/mol. The van der Waals surface area contributed by atoms with Gasteiger partial charge in [0.05, 0.1) is 18.3 Å². The minimum atomic E-state index is -0.286. The second-order valence-corrected chi connectivity index (χ2v) is 6.84. The van der Waals surface area contributed by atoms with Crippen LogP contribution in [-0.2, 0) is 17.8 Å². The number of carbonyl (C=O) groups excluding carboxylic acids is 1. The highest BCUT2D eigenvalue weighted by Crippen LogP contribution is 2.31. The van der Waals surface area contributed by atoms with Gasteiger partial charge in [-0.05, 0) is 30.5 Å². The maximum absolute atomic E-state index is 13.2. The lowest BCUT2D eigenvalue weighted by Gasteiger charge is -2.32. The number of fused-ring (bicyclic) bond motifs is 1. The van der Waals surface area contributed by atoms with Crippen molar-refractivity contribution in [1.29, 1.82) is 0 Å². The first-order valence-corrected chi connectivity index (χ1v) is 9.22. The molecule has 8 heteroatoms. The Bertz CT molecular complexity index is 890. The summed E-state index contributed by atoms with van der Waals surface area (Å²) in [4.78, 5) is 31.1. The number of aldehydes is 1. The van der Waals surface area contributed by atoms with E-state index < -0.39 is 0 Å². The molecule has 7 nitrogen and oxygen atoms in total. The van der Waals surface area contributed by atoms with Gasteiger partial charge in [-0.3, -0.25) is 9.36 Å². The molecule has 0 aliphatic carbocycles. The highest BCUT2D eigenvalue weighted by Gasteiger charge is 2.27. The van der Waals surface area contributed by atoms with Crippen molar-refractivity contribution in [2.45, 2.75) is 25.4 Å². The van der Waals surface area contributed by atoms with Crippen LogP contribution in [0.3, 0.4) is 0 Å². The zero-order valence-corrected chi connectivity index (χ0v) is 14.9. The van der Waals surface area contributed by atoms with Crippen LogP contribution < -0.4 is 21.1 Å². The number of aryl methyl sites for hydroxylation is 1. The fourth-order valence-electron chi connectivity index (χ4n) is 3.73. The van der Waals surface area contributed by atoms with Crippen molar-refractivity contribution >= 4 is 17.9 Å². The van der Waals surface area contributed by atoms with E-state index in [1.165, 1.54) is 16.7 Å². The number of nitrogens with zero attached hydrogens (tertiary/aromatic N) is 3. The maximum atomic E-state index is 13.2. The molecule has 0 radical (unpaired) electrons. The third kappa shape index (κ3) is 3.44. The minimum absolute atomic E-state index is 0.0265. The number of anilines is 2. The molecule has 1 aromatic carbocycles. The van der Waals surface area contributed by atoms with E-state index in [4.69, 9.17) is 4.98 Å². The molecule has 0 amide bonds. The first-order chi connectivity index (χ1) is 13.2. The van der Waals surface area contributed by atoms with Crippen LogP contribution in [0.5, 0.6) is 0 Å². The SMILES string of the molecule is O=CCn1c(N2CCNCC2)nc2c(c1=O)NC(c1ccc(F)cc1)CC2. The third-order valence-electron chi connectivity index (χ3n) is 5.14. The van der Waals surface area contributed by atoms with Crippen molar-refractivity contribution in [1.82, 2.24) is 14.9 Å². The summed E-state index contributed by atoms with van der Waals surface area (Å²) in [6.07, 6.45) is 2.14. The molecular formula is C19H22FN5O2. The second kappa shape index (κ2) is 7.48. The molecule has 4 rings (SSSR count). The van der Waals surface area contributed by atoms with Gasteiger partial charge in [0, 0.05) is 26.2 Å². The molecule has 1 unspecified atom stereocenters. The van der Waals surface area contributed by atoms with Gasteiger partial charge in [-0.25, -0.2) is 9.37 Å². The molecule has 142 valence electrons. The lowest BCUT2D eigenvalue weighted by atomic mass is 9.96. The van der Waals surface area contributed by atoms with Crippen LogP contribution in [0.2, 0.25) is 0 Å². The molecule has 0 spiro atoms. The van der Waals surface area contributed by atoms with Crippen LogP contribution in [0, 0.1) is 5.82 Å². The van der Waals surface area contributed by atoms with E-state index in [2.05, 4.69) is 10.6 Å². The van der Waals surface area contributed by atoms with Gasteiger partial charge in [-0.2, -0.15) is 0 Å². The second-order valence-electron chi connectivity index (χ2n) is 6.84. The Kier molecular flexibility index (Phi) is 4.89. The first-order valence-electron chi connectivity index (χ1n) is 9.22. The van der Waals surface area contributed by atoms with Crippen LogP contribution in [0.4, 0.5) is 16.0 Å². The summed E-state index contributed by atoms with van der Waals surface area (Å²) in [6, 6.07) is 6.21. The number of hydrogen-bond donors (Lipinski definition) is 2. The minimum Gasteiger partial charge on any atom is -0.372 e. The van der Waals surface area contributed by atoms with E-state index in [0.717, 1.165) is 50.1 Å². The predicted octanol–water partition coefficient (Wildman–Crippen LogP) is 1.09. The van der Waals surface area contributed by atoms with Crippen LogP contribution >= 0.6 is 0 Å². The van der Waals surface area contributed by atoms with Gasteiger partial charge >= 0.3 is 0 Å². The summed E-state index contributed by atoms with van der Waals surface area (Å²) in [5.74, 6) is 0.278. The van der Waals surface area contributed by atoms with Gasteiger partial charge in [-0.1, -0.05) is 12.1 Å². The van der Waals surface area contributed by atoms with E-state index in [1.807, 2.05) is 4.90 Å². The Balaban J connectivity index is 1.70. The van der Waals surface area contributed by atoms with Crippen molar-refractivity contribution in [2.75, 3.05) is 36.4 Å². The number of hydrogen-bond acceptors (Lipinski definition) is 6. The Morgan fingerprint density at radius 3 is 2.67 bits per heavy atom. The molecule has 1 saturated heterocycles. The molecule has 2 aliphatic heterocycles. The number of benzene rings is 1. The number of rotatable bonds is 4. The Morgan fingerprint density at radius 1 is 1.22 bits per heavy atom. The molecule has 1 aromatic heterocycles. The number of nitrogens with one attached hydrogen (secondary N) is 2. The van der Waals surface area contributed by atoms with Crippen LogP contribution in [0.25, 0.3) is 0 Å². The fourth-order valence-corrected chi connectivity index (χ4v) is 3.73. The van der Waals surface area contributed by atoms with E-state index in [1.54, 1.807) is 12.1 Å². The Morgan fingerprint density at radius 2 is 1.96 bits per heavy atom. The lowest BCUT2D eigenvalue weighted by molar-refractivity contribution is -0.108. The first kappa shape index (κ1) is 17.7. The number of piperazine rings is 1. The summed E-state index contributed by atoms with van der Waals surface area (Å²) in [5.41, 5.74) is 1.87. The molecule has 2 aliphatic rings. The van der Waals surface area contributed by atoms with Crippen LogP contribution in [-0.4, -0.2) is 42.0 Å². The summed E-state index contributed by atoms with van der Waals surface area (Å²) in [6.45, 7) is 3.10. The highest BCUT2D eigenvalue weighted by atomic mass is 19.1. The molecule has 2 N–H and O–H groups in total. The van der Waals surface area contributed by atoms with Crippen LogP contribution in [0.15, 0.2) is 29.1 Å². The summed E-state index contributed by atoms with van der Waals surface area (Å²) in [5, 5.41) is 6.54. The normalized spacial score (nSPS) is 19.3. The smallest absolute Gasteiger partial charge is 0.278 e. The van der Waals surface area contributed by atoms with Crippen molar-refractivity contribution in [3.63, 3.8) is 0 Å². The van der Waals surface area contributed by atoms with E-state index >= 15 is 0 Å². The molecule has 1 fully saturated rings. The summed E-state index contributed by atoms with van der Waals surface area (Å²) >= 11 is 0. The Labute approximate surface area is 156 Å². The van der Waals surface area contributed by atoms with Gasteiger partial charge in [0.25, 0.3) is 5.56 Å². The summed E-state index contributed by atoms with van der Waals surface area (Å²) in [7, 11) is 0. The van der Waals surface area contributed by atoms with Gasteiger partial charge in [0.1, 0.15) is 17.8 Å². The van der Waals surface area contributed by atoms with E-state index in [9.17, 15) is 14.0 Å². The molecule has 2 aromatic rings. The summed E-state index contributed by atoms with van der Waals surface area (Å²) < 4.78 is 14.6. The maximum Gasteiger partial charge on any atom is 0.278 e. The zero-order valence-electron chi connectivity index (χ0n) is 14.9. The molecule has 0 saturated carbocycles. The standard InChI is InChI=1S/C19H22FN5O2/c20-14-3-1-13(2-4-14)15-5-6-16-17(22-15)18(27)25(11-12-26)19(23-16)24-9-7-21-8-10-24/h1-4,12,15,21-22H,5-11H2. The number of aromatic nitrogens is 2. The van der Waals surface area contributed by atoms with Gasteiger partial charge in [0.15, 0.2) is 0 Å². The number of halogens is 1. The van der Waals surface area contributed by atoms with Gasteiger partial charge < -0.3 is 20.3 Å². The molecule has 27 heavy (non-hydrogen) atoms. The van der Waals surface area contributed by atoms with Gasteiger partial charge in [-0.15, -0.1) is 0 Å². The monoisotopic (exact) mass is 371 g/mol. The molecule has 1 atom stereocenters. The van der Waals surface area contributed by atoms with Crippen LogP contribution in [0.1, 0.15) is 23.7 Å². The van der Waals surface area contributed by atoms with Crippen molar-refractivity contribution < 1.29 is 9.18 Å².